The number of carbonyl (C=O) groups excluding carboxylic acids is 1. The number of anilines is 1. The summed E-state index contributed by atoms with van der Waals surface area (Å²) in [6.07, 6.45) is -1.67. The Hall–Kier alpha value is -1.67. The summed E-state index contributed by atoms with van der Waals surface area (Å²) in [5, 5.41) is 21.8. The average molecular weight is 321 g/mol. The Labute approximate surface area is 110 Å². The Morgan fingerprint density at radius 3 is 2.67 bits per heavy atom. The molecule has 0 aromatic heterocycles. The summed E-state index contributed by atoms with van der Waals surface area (Å²) < 4.78 is 13.1. The maximum absolute atomic E-state index is 12.8. The third-order valence-corrected chi connectivity index (χ3v) is 2.58. The molecular weight excluding hydrogens is 311 g/mol. The number of nitrogens with one attached hydrogen (secondary N) is 2. The Kier molecular flexibility index (Phi) is 5.05. The second-order valence-corrected chi connectivity index (χ2v) is 4.17. The van der Waals surface area contributed by atoms with Crippen LogP contribution >= 0.6 is 15.9 Å². The second kappa shape index (κ2) is 6.31. The number of amides is 2. The van der Waals surface area contributed by atoms with Crippen LogP contribution in [-0.2, 0) is 4.79 Å². The number of rotatable bonds is 4. The lowest BCUT2D eigenvalue weighted by molar-refractivity contribution is -0.146. The van der Waals surface area contributed by atoms with Crippen molar-refractivity contribution in [1.82, 2.24) is 5.32 Å². The van der Waals surface area contributed by atoms with Crippen molar-refractivity contribution in [2.75, 3.05) is 11.9 Å². The van der Waals surface area contributed by atoms with Crippen LogP contribution in [0.1, 0.15) is 0 Å². The van der Waals surface area contributed by atoms with E-state index in [0.29, 0.717) is 10.2 Å². The van der Waals surface area contributed by atoms with Gasteiger partial charge in [0.15, 0.2) is 6.10 Å². The van der Waals surface area contributed by atoms with Crippen LogP contribution in [0.25, 0.3) is 0 Å². The van der Waals surface area contributed by atoms with Gasteiger partial charge in [-0.15, -0.1) is 0 Å². The summed E-state index contributed by atoms with van der Waals surface area (Å²) in [6, 6.07) is 2.96. The summed E-state index contributed by atoms with van der Waals surface area (Å²) in [6.45, 7) is -0.431. The highest BCUT2D eigenvalue weighted by Crippen LogP contribution is 2.22. The van der Waals surface area contributed by atoms with E-state index >= 15 is 0 Å². The van der Waals surface area contributed by atoms with Gasteiger partial charge in [0.1, 0.15) is 5.82 Å². The molecule has 0 aliphatic carbocycles. The van der Waals surface area contributed by atoms with Crippen LogP contribution < -0.4 is 10.6 Å². The van der Waals surface area contributed by atoms with E-state index in [2.05, 4.69) is 26.6 Å². The lowest BCUT2D eigenvalue weighted by Gasteiger charge is -2.10. The maximum atomic E-state index is 12.8. The number of aliphatic hydroxyl groups excluding tert-OH is 1. The first-order chi connectivity index (χ1) is 8.40. The van der Waals surface area contributed by atoms with Crippen molar-refractivity contribution >= 4 is 33.6 Å². The Balaban J connectivity index is 2.52. The van der Waals surface area contributed by atoms with Crippen LogP contribution in [0.3, 0.4) is 0 Å². The molecule has 0 heterocycles. The summed E-state index contributed by atoms with van der Waals surface area (Å²) in [5.74, 6) is -1.90. The van der Waals surface area contributed by atoms with E-state index in [-0.39, 0.29) is 0 Å². The van der Waals surface area contributed by atoms with Gasteiger partial charge in [0.05, 0.1) is 12.2 Å². The molecule has 0 aliphatic rings. The van der Waals surface area contributed by atoms with Gasteiger partial charge in [-0.25, -0.2) is 14.0 Å². The molecule has 1 aromatic rings. The topological polar surface area (TPSA) is 98.7 Å². The Morgan fingerprint density at radius 1 is 1.44 bits per heavy atom. The van der Waals surface area contributed by atoms with E-state index in [4.69, 9.17) is 10.2 Å². The fourth-order valence-corrected chi connectivity index (χ4v) is 1.48. The van der Waals surface area contributed by atoms with E-state index in [1.807, 2.05) is 0 Å². The van der Waals surface area contributed by atoms with Crippen molar-refractivity contribution in [1.29, 1.82) is 0 Å². The third kappa shape index (κ3) is 4.30. The van der Waals surface area contributed by atoms with E-state index in [9.17, 15) is 14.0 Å². The van der Waals surface area contributed by atoms with Crippen LogP contribution in [0.15, 0.2) is 22.7 Å². The number of benzene rings is 1. The van der Waals surface area contributed by atoms with Gasteiger partial charge in [-0.1, -0.05) is 0 Å². The van der Waals surface area contributed by atoms with Gasteiger partial charge < -0.3 is 20.8 Å². The molecule has 1 rings (SSSR count). The summed E-state index contributed by atoms with van der Waals surface area (Å²) in [5.41, 5.74) is 0.318. The molecule has 0 saturated carbocycles. The molecule has 1 aromatic carbocycles. The molecule has 0 aliphatic heterocycles. The number of carboxylic acid groups (broad SMARTS) is 1. The molecular formula is C10H10BrFN2O4. The molecule has 18 heavy (non-hydrogen) atoms. The van der Waals surface area contributed by atoms with Crippen molar-refractivity contribution in [3.05, 3.63) is 28.5 Å². The lowest BCUT2D eigenvalue weighted by Crippen LogP contribution is -2.38. The molecule has 6 nitrogen and oxygen atoms in total. The number of hydrogen-bond acceptors (Lipinski definition) is 3. The predicted molar refractivity (Wildman–Crippen MR) is 64.8 cm³/mol. The first-order valence-electron chi connectivity index (χ1n) is 4.81. The molecule has 0 fully saturated rings. The molecule has 1 atom stereocenters. The highest BCUT2D eigenvalue weighted by molar-refractivity contribution is 9.10. The number of aliphatic hydroxyl groups is 1. The maximum Gasteiger partial charge on any atom is 0.334 e. The molecule has 0 bridgehead atoms. The summed E-state index contributed by atoms with van der Waals surface area (Å²) in [7, 11) is 0. The monoisotopic (exact) mass is 320 g/mol. The van der Waals surface area contributed by atoms with Crippen molar-refractivity contribution < 1.29 is 24.2 Å². The zero-order chi connectivity index (χ0) is 13.7. The number of carbonyl (C=O) groups is 2. The van der Waals surface area contributed by atoms with Crippen LogP contribution in [0.5, 0.6) is 0 Å². The minimum Gasteiger partial charge on any atom is -0.479 e. The zero-order valence-electron chi connectivity index (χ0n) is 8.98. The molecule has 0 radical (unpaired) electrons. The van der Waals surface area contributed by atoms with Gasteiger partial charge in [0.25, 0.3) is 0 Å². The molecule has 0 unspecified atom stereocenters. The Bertz CT molecular complexity index is 469. The van der Waals surface area contributed by atoms with Crippen molar-refractivity contribution in [2.24, 2.45) is 0 Å². The first-order valence-corrected chi connectivity index (χ1v) is 5.60. The first kappa shape index (κ1) is 14.4. The highest BCUT2D eigenvalue weighted by Gasteiger charge is 2.14. The highest BCUT2D eigenvalue weighted by atomic mass is 79.9. The average Bonchev–Trinajstić information content (AvgIpc) is 2.29. The van der Waals surface area contributed by atoms with Crippen LogP contribution in [-0.4, -0.2) is 34.9 Å². The fraction of sp³-hybridized carbons (Fsp3) is 0.200. The number of aliphatic carboxylic acids is 1. The number of hydrogen-bond donors (Lipinski definition) is 4. The summed E-state index contributed by atoms with van der Waals surface area (Å²) in [4.78, 5) is 21.6. The van der Waals surface area contributed by atoms with Gasteiger partial charge in [-0.05, 0) is 34.1 Å². The van der Waals surface area contributed by atoms with Crippen molar-refractivity contribution in [2.45, 2.75) is 6.10 Å². The largest absolute Gasteiger partial charge is 0.479 e. The second-order valence-electron chi connectivity index (χ2n) is 3.31. The predicted octanol–water partition coefficient (Wildman–Crippen LogP) is 1.16. The number of urea groups is 1. The fourth-order valence-electron chi connectivity index (χ4n) is 1.03. The van der Waals surface area contributed by atoms with E-state index in [1.54, 1.807) is 0 Å². The van der Waals surface area contributed by atoms with Gasteiger partial charge in [0, 0.05) is 4.47 Å². The molecule has 8 heteroatoms. The number of carboxylic acids is 1. The standard InChI is InChI=1S/C10H10BrFN2O4/c11-6-3-5(12)1-2-7(6)14-10(18)13-4-8(15)9(16)17/h1-3,8,15H,4H2,(H,16,17)(H2,13,14,18)/t8-/m0/s1. The van der Waals surface area contributed by atoms with Crippen molar-refractivity contribution in [3.8, 4) is 0 Å². The van der Waals surface area contributed by atoms with E-state index < -0.39 is 30.5 Å². The quantitative estimate of drug-likeness (QED) is 0.669. The minimum absolute atomic E-state index is 0.318. The van der Waals surface area contributed by atoms with Gasteiger partial charge >= 0.3 is 12.0 Å². The molecule has 0 saturated heterocycles. The lowest BCUT2D eigenvalue weighted by atomic mass is 10.3. The van der Waals surface area contributed by atoms with Crippen molar-refractivity contribution in [3.63, 3.8) is 0 Å². The van der Waals surface area contributed by atoms with Crippen LogP contribution in [0.4, 0.5) is 14.9 Å². The van der Waals surface area contributed by atoms with E-state index in [0.717, 1.165) is 6.07 Å². The minimum atomic E-state index is -1.67. The van der Waals surface area contributed by atoms with Crippen LogP contribution in [0.2, 0.25) is 0 Å². The molecule has 2 amide bonds. The van der Waals surface area contributed by atoms with Crippen LogP contribution in [0, 0.1) is 5.82 Å². The van der Waals surface area contributed by atoms with Gasteiger partial charge in [-0.3, -0.25) is 0 Å². The third-order valence-electron chi connectivity index (χ3n) is 1.92. The zero-order valence-corrected chi connectivity index (χ0v) is 10.6. The van der Waals surface area contributed by atoms with E-state index in [1.165, 1.54) is 12.1 Å². The molecule has 0 spiro atoms. The summed E-state index contributed by atoms with van der Waals surface area (Å²) >= 11 is 3.05. The molecule has 4 N–H and O–H groups in total. The van der Waals surface area contributed by atoms with Gasteiger partial charge in [0.2, 0.25) is 0 Å². The Morgan fingerprint density at radius 2 is 2.11 bits per heavy atom. The SMILES string of the molecule is O=C(NC[C@H](O)C(=O)O)Nc1ccc(F)cc1Br. The number of halogens is 2. The normalized spacial score (nSPS) is 11.7. The smallest absolute Gasteiger partial charge is 0.334 e. The van der Waals surface area contributed by atoms with Gasteiger partial charge in [-0.2, -0.15) is 0 Å². The molecule has 98 valence electrons.